The first-order valence-corrected chi connectivity index (χ1v) is 12.8. The van der Waals surface area contributed by atoms with Crippen molar-refractivity contribution >= 4 is 40.7 Å². The zero-order chi connectivity index (χ0) is 24.9. The van der Waals surface area contributed by atoms with Crippen LogP contribution in [0.5, 0.6) is 5.75 Å². The van der Waals surface area contributed by atoms with Gasteiger partial charge in [-0.2, -0.15) is 0 Å². The van der Waals surface area contributed by atoms with Gasteiger partial charge in [0.1, 0.15) is 11.8 Å². The zero-order valence-corrected chi connectivity index (χ0v) is 20.9. The van der Waals surface area contributed by atoms with E-state index in [1.807, 2.05) is 24.4 Å². The number of esters is 1. The minimum Gasteiger partial charge on any atom is -0.482 e. The molecule has 3 aromatic rings. The Morgan fingerprint density at radius 2 is 2.06 bits per heavy atom. The van der Waals surface area contributed by atoms with Gasteiger partial charge in [0.15, 0.2) is 11.4 Å². The number of rotatable bonds is 9. The Hall–Kier alpha value is -3.50. The Labute approximate surface area is 209 Å². The van der Waals surface area contributed by atoms with Crippen LogP contribution < -0.4 is 19.6 Å². The monoisotopic (exact) mass is 512 g/mol. The molecule has 3 heterocycles. The van der Waals surface area contributed by atoms with Crippen molar-refractivity contribution in [3.8, 4) is 5.75 Å². The summed E-state index contributed by atoms with van der Waals surface area (Å²) in [5.41, 5.74) is 1.46. The number of carbonyl (C=O) groups excluding carboxylic acids is 1. The Morgan fingerprint density at radius 1 is 1.23 bits per heavy atom. The lowest BCUT2D eigenvalue weighted by atomic mass is 9.99. The van der Waals surface area contributed by atoms with E-state index in [4.69, 9.17) is 19.6 Å². The standard InChI is InChI=1S/C25H24N2O6S2/c1-3-7-17-21(24(31)32-4-2)22(18-10-6-11-34-18)27-23(30)19(35-25(27)26-17)13-15-8-5-9-16(12-15)33-14-20(28)29/h5-6,8-13,22H,3-4,7,14H2,1-2H3,(H,28,29)/b19-13-/t22-/m1/s1. The number of ether oxygens (including phenoxy) is 2. The molecule has 1 aromatic carbocycles. The Kier molecular flexibility index (Phi) is 7.62. The summed E-state index contributed by atoms with van der Waals surface area (Å²) in [5.74, 6) is -1.14. The fourth-order valence-electron chi connectivity index (χ4n) is 3.83. The minimum absolute atomic E-state index is 0.226. The first kappa shape index (κ1) is 24.6. The summed E-state index contributed by atoms with van der Waals surface area (Å²) in [5, 5.41) is 10.8. The van der Waals surface area contributed by atoms with Crippen LogP contribution in [0, 0.1) is 0 Å². The number of aromatic nitrogens is 1. The largest absolute Gasteiger partial charge is 0.482 e. The van der Waals surface area contributed by atoms with Crippen LogP contribution in [0.1, 0.15) is 43.2 Å². The van der Waals surface area contributed by atoms with Crippen molar-refractivity contribution in [2.24, 2.45) is 4.99 Å². The SMILES string of the molecule is CCCC1=C(C(=O)OCC)[C@@H](c2cccs2)n2c(s/c(=C\c3cccc(OCC(=O)O)c3)c2=O)=N1. The van der Waals surface area contributed by atoms with Crippen molar-refractivity contribution in [2.75, 3.05) is 13.2 Å². The number of thiophene rings is 1. The number of aliphatic carboxylic acids is 1. The summed E-state index contributed by atoms with van der Waals surface area (Å²) in [6.45, 7) is 3.54. The number of hydrogen-bond acceptors (Lipinski definition) is 8. The molecule has 35 heavy (non-hydrogen) atoms. The molecule has 0 fully saturated rings. The van der Waals surface area contributed by atoms with Gasteiger partial charge in [-0.3, -0.25) is 9.36 Å². The first-order valence-electron chi connectivity index (χ1n) is 11.1. The molecule has 1 aliphatic heterocycles. The average Bonchev–Trinajstić information content (AvgIpc) is 3.46. The second-order valence-electron chi connectivity index (χ2n) is 7.68. The highest BCUT2D eigenvalue weighted by molar-refractivity contribution is 7.10. The third kappa shape index (κ3) is 5.28. The van der Waals surface area contributed by atoms with Gasteiger partial charge in [0.2, 0.25) is 0 Å². The van der Waals surface area contributed by atoms with Crippen molar-refractivity contribution in [3.63, 3.8) is 0 Å². The molecule has 0 bridgehead atoms. The van der Waals surface area contributed by atoms with Gasteiger partial charge < -0.3 is 14.6 Å². The fourth-order valence-corrected chi connectivity index (χ4v) is 5.67. The summed E-state index contributed by atoms with van der Waals surface area (Å²) >= 11 is 2.72. The van der Waals surface area contributed by atoms with E-state index < -0.39 is 24.6 Å². The number of hydrogen-bond donors (Lipinski definition) is 1. The Bertz CT molecular complexity index is 1450. The lowest BCUT2D eigenvalue weighted by Crippen LogP contribution is -2.39. The van der Waals surface area contributed by atoms with Crippen LogP contribution in [0.15, 0.2) is 62.8 Å². The third-order valence-corrected chi connectivity index (χ3v) is 7.13. The number of carbonyl (C=O) groups is 2. The molecular weight excluding hydrogens is 488 g/mol. The molecule has 0 amide bonds. The zero-order valence-electron chi connectivity index (χ0n) is 19.2. The molecule has 1 N–H and O–H groups in total. The van der Waals surface area contributed by atoms with E-state index >= 15 is 0 Å². The lowest BCUT2D eigenvalue weighted by molar-refractivity contribution is -0.140. The summed E-state index contributed by atoms with van der Waals surface area (Å²) in [6, 6.07) is 10.0. The molecule has 0 saturated carbocycles. The number of benzene rings is 1. The predicted octanol–water partition coefficient (Wildman–Crippen LogP) is 3.10. The van der Waals surface area contributed by atoms with Gasteiger partial charge in [0.05, 0.1) is 22.4 Å². The number of nitrogens with zero attached hydrogens (tertiary/aromatic N) is 2. The molecule has 0 aliphatic carbocycles. The van der Waals surface area contributed by atoms with Crippen molar-refractivity contribution in [3.05, 3.63) is 83.2 Å². The maximum absolute atomic E-state index is 13.6. The second-order valence-corrected chi connectivity index (χ2v) is 9.67. The van der Waals surface area contributed by atoms with E-state index in [2.05, 4.69) is 0 Å². The van der Waals surface area contributed by atoms with Gasteiger partial charge >= 0.3 is 11.9 Å². The van der Waals surface area contributed by atoms with E-state index in [9.17, 15) is 14.4 Å². The van der Waals surface area contributed by atoms with Crippen LogP contribution in [0.3, 0.4) is 0 Å². The summed E-state index contributed by atoms with van der Waals surface area (Å²) in [6.07, 6.45) is 3.09. The van der Waals surface area contributed by atoms with Crippen molar-refractivity contribution < 1.29 is 24.2 Å². The molecular formula is C25H24N2O6S2. The highest BCUT2D eigenvalue weighted by Crippen LogP contribution is 2.34. The van der Waals surface area contributed by atoms with Crippen LogP contribution in [-0.4, -0.2) is 34.8 Å². The van der Waals surface area contributed by atoms with Gasteiger partial charge in [-0.1, -0.05) is 42.9 Å². The normalized spacial score (nSPS) is 15.5. The maximum atomic E-state index is 13.6. The molecule has 0 radical (unpaired) electrons. The van der Waals surface area contributed by atoms with Gasteiger partial charge in [-0.15, -0.1) is 11.3 Å². The van der Waals surface area contributed by atoms with E-state index in [1.165, 1.54) is 22.7 Å². The summed E-state index contributed by atoms with van der Waals surface area (Å²) in [7, 11) is 0. The third-order valence-electron chi connectivity index (χ3n) is 5.22. The Balaban J connectivity index is 1.86. The minimum atomic E-state index is -1.07. The predicted molar refractivity (Wildman–Crippen MR) is 134 cm³/mol. The fraction of sp³-hybridized carbons (Fsp3) is 0.280. The summed E-state index contributed by atoms with van der Waals surface area (Å²) < 4.78 is 12.6. The molecule has 0 unspecified atom stereocenters. The van der Waals surface area contributed by atoms with Crippen LogP contribution >= 0.6 is 22.7 Å². The number of thiazole rings is 1. The number of fused-ring (bicyclic) bond motifs is 1. The highest BCUT2D eigenvalue weighted by Gasteiger charge is 2.34. The number of carboxylic acids is 1. The van der Waals surface area contributed by atoms with E-state index in [0.29, 0.717) is 38.3 Å². The lowest BCUT2D eigenvalue weighted by Gasteiger charge is -2.24. The molecule has 1 atom stereocenters. The quantitative estimate of drug-likeness (QED) is 0.442. The van der Waals surface area contributed by atoms with Gasteiger partial charge in [-0.25, -0.2) is 14.6 Å². The molecule has 1 aliphatic rings. The molecule has 182 valence electrons. The average molecular weight is 513 g/mol. The highest BCUT2D eigenvalue weighted by atomic mass is 32.1. The molecule has 2 aromatic heterocycles. The summed E-state index contributed by atoms with van der Waals surface area (Å²) in [4.78, 5) is 43.6. The Morgan fingerprint density at radius 3 is 2.74 bits per heavy atom. The molecule has 10 heteroatoms. The van der Waals surface area contributed by atoms with Crippen LogP contribution in [0.25, 0.3) is 6.08 Å². The number of carboxylic acid groups (broad SMARTS) is 1. The van der Waals surface area contributed by atoms with Crippen molar-refractivity contribution in [1.82, 2.24) is 4.57 Å². The molecule has 0 spiro atoms. The molecule has 0 saturated heterocycles. The van der Waals surface area contributed by atoms with E-state index in [-0.39, 0.29) is 12.2 Å². The van der Waals surface area contributed by atoms with Crippen LogP contribution in [0.2, 0.25) is 0 Å². The van der Waals surface area contributed by atoms with Gasteiger partial charge in [-0.05, 0) is 48.6 Å². The topological polar surface area (TPSA) is 107 Å². The van der Waals surface area contributed by atoms with E-state index in [1.54, 1.807) is 41.8 Å². The second kappa shape index (κ2) is 10.8. The van der Waals surface area contributed by atoms with Crippen molar-refractivity contribution in [2.45, 2.75) is 32.7 Å². The maximum Gasteiger partial charge on any atom is 0.341 e. The smallest absolute Gasteiger partial charge is 0.341 e. The first-order chi connectivity index (χ1) is 16.9. The number of allylic oxidation sites excluding steroid dienone is 1. The van der Waals surface area contributed by atoms with Crippen LogP contribution in [0.4, 0.5) is 0 Å². The van der Waals surface area contributed by atoms with Gasteiger partial charge in [0, 0.05) is 4.88 Å². The van der Waals surface area contributed by atoms with E-state index in [0.717, 1.165) is 11.3 Å². The van der Waals surface area contributed by atoms with Gasteiger partial charge in [0.25, 0.3) is 5.56 Å². The van der Waals surface area contributed by atoms with Crippen LogP contribution in [-0.2, 0) is 14.3 Å². The molecule has 8 nitrogen and oxygen atoms in total. The molecule has 4 rings (SSSR count). The van der Waals surface area contributed by atoms with Crippen molar-refractivity contribution in [1.29, 1.82) is 0 Å².